The van der Waals surface area contributed by atoms with Gasteiger partial charge in [-0.2, -0.15) is 0 Å². The van der Waals surface area contributed by atoms with Crippen molar-refractivity contribution in [3.63, 3.8) is 0 Å². The Morgan fingerprint density at radius 3 is 2.54 bits per heavy atom. The maximum atomic E-state index is 11.8. The lowest BCUT2D eigenvalue weighted by Crippen LogP contribution is -2.46. The number of aryl methyl sites for hydroxylation is 1. The van der Waals surface area contributed by atoms with E-state index in [2.05, 4.69) is 10.3 Å². The van der Waals surface area contributed by atoms with Crippen LogP contribution in [0.2, 0.25) is 0 Å². The average molecular weight is 336 g/mol. The first-order chi connectivity index (χ1) is 11.2. The summed E-state index contributed by atoms with van der Waals surface area (Å²) >= 11 is 0. The molecule has 0 unspecified atom stereocenters. The van der Waals surface area contributed by atoms with Crippen LogP contribution in [0.4, 0.5) is 16.3 Å². The molecule has 0 atom stereocenters. The van der Waals surface area contributed by atoms with E-state index in [-0.39, 0.29) is 11.9 Å². The minimum atomic E-state index is -0.529. The van der Waals surface area contributed by atoms with Gasteiger partial charge in [0.1, 0.15) is 17.0 Å². The van der Waals surface area contributed by atoms with E-state index in [9.17, 15) is 14.9 Å². The topological polar surface area (TPSA) is 97.6 Å². The van der Waals surface area contributed by atoms with E-state index in [1.54, 1.807) is 19.1 Å². The van der Waals surface area contributed by atoms with Crippen LogP contribution in [0.3, 0.4) is 0 Å². The van der Waals surface area contributed by atoms with Crippen LogP contribution in [-0.4, -0.2) is 40.7 Å². The number of nitrogens with one attached hydrogen (secondary N) is 1. The fraction of sp³-hybridized carbons (Fsp3) is 0.625. The van der Waals surface area contributed by atoms with Crippen molar-refractivity contribution in [3.8, 4) is 0 Å². The highest BCUT2D eigenvalue weighted by Crippen LogP contribution is 2.28. The number of nitro groups is 1. The lowest BCUT2D eigenvalue weighted by Gasteiger charge is -2.33. The highest BCUT2D eigenvalue weighted by atomic mass is 16.6. The Morgan fingerprint density at radius 2 is 2.00 bits per heavy atom. The number of piperidine rings is 1. The first kappa shape index (κ1) is 18.0. The Bertz CT molecular complexity index is 619. The van der Waals surface area contributed by atoms with E-state index in [0.717, 1.165) is 0 Å². The zero-order valence-corrected chi connectivity index (χ0v) is 14.5. The van der Waals surface area contributed by atoms with Gasteiger partial charge in [-0.15, -0.1) is 0 Å². The number of alkyl carbamates (subject to hydrolysis) is 1. The van der Waals surface area contributed by atoms with Crippen molar-refractivity contribution < 1.29 is 14.5 Å². The zero-order chi connectivity index (χ0) is 17.9. The minimum Gasteiger partial charge on any atom is -0.444 e. The maximum absolute atomic E-state index is 11.8. The zero-order valence-electron chi connectivity index (χ0n) is 14.5. The van der Waals surface area contributed by atoms with Crippen LogP contribution in [-0.2, 0) is 4.74 Å². The van der Waals surface area contributed by atoms with Crippen molar-refractivity contribution in [3.05, 3.63) is 27.9 Å². The number of pyridine rings is 1. The van der Waals surface area contributed by atoms with E-state index in [4.69, 9.17) is 4.74 Å². The molecule has 1 N–H and O–H groups in total. The van der Waals surface area contributed by atoms with Gasteiger partial charge in [0.2, 0.25) is 0 Å². The molecule has 0 saturated carbocycles. The lowest BCUT2D eigenvalue weighted by atomic mass is 10.0. The minimum absolute atomic E-state index is 0.00793. The van der Waals surface area contributed by atoms with Crippen molar-refractivity contribution in [1.29, 1.82) is 0 Å². The van der Waals surface area contributed by atoms with Crippen LogP contribution < -0.4 is 10.2 Å². The molecule has 0 aliphatic carbocycles. The normalized spacial score (nSPS) is 15.9. The van der Waals surface area contributed by atoms with Gasteiger partial charge < -0.3 is 25.1 Å². The van der Waals surface area contributed by atoms with Crippen molar-refractivity contribution >= 4 is 17.6 Å². The van der Waals surface area contributed by atoms with E-state index < -0.39 is 16.6 Å². The third-order valence-electron chi connectivity index (χ3n) is 3.72. The van der Waals surface area contributed by atoms with Crippen molar-refractivity contribution in [2.75, 3.05) is 18.0 Å². The highest BCUT2D eigenvalue weighted by molar-refractivity contribution is 5.68. The summed E-state index contributed by atoms with van der Waals surface area (Å²) in [6.45, 7) is 8.42. The van der Waals surface area contributed by atoms with Gasteiger partial charge in [0, 0.05) is 26.1 Å². The Labute approximate surface area is 141 Å². The van der Waals surface area contributed by atoms with Gasteiger partial charge >= 0.3 is 11.9 Å². The monoisotopic (exact) mass is 336 g/mol. The molecule has 0 radical (unpaired) electrons. The van der Waals surface area contributed by atoms with Gasteiger partial charge in [-0.3, -0.25) is 0 Å². The largest absolute Gasteiger partial charge is 0.444 e. The second-order valence-electron chi connectivity index (χ2n) is 6.96. The molecule has 24 heavy (non-hydrogen) atoms. The summed E-state index contributed by atoms with van der Waals surface area (Å²) < 4.78 is 5.25. The number of carbonyl (C=O) groups is 1. The Balaban J connectivity index is 1.96. The van der Waals surface area contributed by atoms with Crippen molar-refractivity contribution in [2.45, 2.75) is 52.2 Å². The molecule has 1 aromatic rings. The molecule has 2 rings (SSSR count). The Kier molecular flexibility index (Phi) is 5.26. The molecule has 1 aromatic heterocycles. The third-order valence-corrected chi connectivity index (χ3v) is 3.72. The summed E-state index contributed by atoms with van der Waals surface area (Å²) in [4.78, 5) is 28.5. The standard InChI is InChI=1S/C16H24N4O4/c1-11-5-6-13(14(17-11)20(22)23)19-9-7-12(8-10-19)18-15(21)24-16(2,3)4/h5-6,12H,7-10H2,1-4H3,(H,18,21). The fourth-order valence-corrected chi connectivity index (χ4v) is 2.66. The second kappa shape index (κ2) is 7.02. The van der Waals surface area contributed by atoms with E-state index in [1.165, 1.54) is 0 Å². The molecule has 0 aromatic carbocycles. The number of ether oxygens (including phenoxy) is 1. The van der Waals surface area contributed by atoms with Crippen molar-refractivity contribution in [1.82, 2.24) is 10.3 Å². The van der Waals surface area contributed by atoms with Gasteiger partial charge in [0.25, 0.3) is 0 Å². The predicted molar refractivity (Wildman–Crippen MR) is 90.2 cm³/mol. The van der Waals surface area contributed by atoms with Crippen LogP contribution in [0.1, 0.15) is 39.3 Å². The molecule has 1 aliphatic rings. The van der Waals surface area contributed by atoms with E-state index >= 15 is 0 Å². The van der Waals surface area contributed by atoms with Crippen LogP contribution in [0.25, 0.3) is 0 Å². The summed E-state index contributed by atoms with van der Waals surface area (Å²) in [5.41, 5.74) is 0.618. The SMILES string of the molecule is Cc1ccc(N2CCC(NC(=O)OC(C)(C)C)CC2)c([N+](=O)[O-])n1. The lowest BCUT2D eigenvalue weighted by molar-refractivity contribution is -0.388. The quantitative estimate of drug-likeness (QED) is 0.673. The van der Waals surface area contributed by atoms with E-state index in [1.807, 2.05) is 25.7 Å². The molecule has 1 saturated heterocycles. The predicted octanol–water partition coefficient (Wildman–Crippen LogP) is 2.79. The second-order valence-corrected chi connectivity index (χ2v) is 6.96. The molecule has 8 nitrogen and oxygen atoms in total. The molecule has 1 fully saturated rings. The Hall–Kier alpha value is -2.38. The summed E-state index contributed by atoms with van der Waals surface area (Å²) in [5, 5.41) is 14.1. The highest BCUT2D eigenvalue weighted by Gasteiger charge is 2.27. The van der Waals surface area contributed by atoms with Crippen LogP contribution in [0, 0.1) is 17.0 Å². The first-order valence-corrected chi connectivity index (χ1v) is 8.02. The van der Waals surface area contributed by atoms with Gasteiger partial charge in [-0.1, -0.05) is 0 Å². The molecule has 1 amide bonds. The summed E-state index contributed by atoms with van der Waals surface area (Å²) in [5.74, 6) is -0.117. The first-order valence-electron chi connectivity index (χ1n) is 8.02. The summed E-state index contributed by atoms with van der Waals surface area (Å²) in [6, 6.07) is 3.52. The molecule has 8 heteroatoms. The summed E-state index contributed by atoms with van der Waals surface area (Å²) in [6.07, 6.45) is 0.970. The number of hydrogen-bond donors (Lipinski definition) is 1. The number of anilines is 1. The van der Waals surface area contributed by atoms with Crippen LogP contribution in [0.5, 0.6) is 0 Å². The number of aromatic nitrogens is 1. The third kappa shape index (κ3) is 4.81. The Morgan fingerprint density at radius 1 is 1.38 bits per heavy atom. The van der Waals surface area contributed by atoms with Crippen LogP contribution >= 0.6 is 0 Å². The van der Waals surface area contributed by atoms with Gasteiger partial charge in [0.15, 0.2) is 0 Å². The fourth-order valence-electron chi connectivity index (χ4n) is 2.66. The number of rotatable bonds is 3. The number of amides is 1. The van der Waals surface area contributed by atoms with Gasteiger partial charge in [-0.05, 0) is 55.7 Å². The van der Waals surface area contributed by atoms with Crippen LogP contribution in [0.15, 0.2) is 12.1 Å². The molecule has 2 heterocycles. The number of hydrogen-bond acceptors (Lipinski definition) is 6. The number of nitrogens with zero attached hydrogens (tertiary/aromatic N) is 3. The molecular weight excluding hydrogens is 312 g/mol. The summed E-state index contributed by atoms with van der Waals surface area (Å²) in [7, 11) is 0. The molecule has 1 aliphatic heterocycles. The molecule has 0 bridgehead atoms. The van der Waals surface area contributed by atoms with Gasteiger partial charge in [-0.25, -0.2) is 4.79 Å². The number of carbonyl (C=O) groups excluding carboxylic acids is 1. The van der Waals surface area contributed by atoms with E-state index in [0.29, 0.717) is 37.3 Å². The molecule has 0 spiro atoms. The maximum Gasteiger partial charge on any atom is 0.407 e. The average Bonchev–Trinajstić information content (AvgIpc) is 2.46. The van der Waals surface area contributed by atoms with Gasteiger partial charge in [0.05, 0.1) is 0 Å². The molecular formula is C16H24N4O4. The van der Waals surface area contributed by atoms with Crippen molar-refractivity contribution in [2.24, 2.45) is 0 Å². The molecule has 132 valence electrons. The smallest absolute Gasteiger partial charge is 0.407 e.